The first-order chi connectivity index (χ1) is 47.1. The number of hydrogen-bond acceptors (Lipinski definition) is 12. The van der Waals surface area contributed by atoms with Crippen molar-refractivity contribution in [2.75, 3.05) is 88.6 Å². The van der Waals surface area contributed by atoms with E-state index in [2.05, 4.69) is 16.0 Å². The maximum atomic E-state index is 15.7. The molecule has 1 aromatic rings. The van der Waals surface area contributed by atoms with Gasteiger partial charge in [-0.25, -0.2) is 8.78 Å². The number of nitrogens with one attached hydrogen (secondary N) is 3. The Bertz CT molecular complexity index is 3130. The molecule has 12 amide bonds. The molecule has 0 bridgehead atoms. The quantitative estimate of drug-likeness (QED) is 0.239. The third kappa shape index (κ3) is 19.4. The Balaban J connectivity index is 1.28. The molecule has 8 atom stereocenters. The normalized spacial score (nSPS) is 26.7. The number of halogens is 5. The molecule has 558 valence electrons. The van der Waals surface area contributed by atoms with E-state index in [0.29, 0.717) is 63.7 Å². The lowest BCUT2D eigenvalue weighted by Crippen LogP contribution is -2.68. The third-order valence-corrected chi connectivity index (χ3v) is 21.9. The first kappa shape index (κ1) is 79.8. The van der Waals surface area contributed by atoms with Crippen LogP contribution in [-0.2, 0) is 70.1 Å². The highest BCUT2D eigenvalue weighted by atomic mass is 19.4. The Labute approximate surface area is 584 Å². The fourth-order valence-corrected chi connectivity index (χ4v) is 15.3. The molecule has 3 aliphatic heterocycles. The molecule has 3 aliphatic carbocycles. The van der Waals surface area contributed by atoms with Gasteiger partial charge in [0.05, 0.1) is 26.1 Å². The molecule has 29 heteroatoms. The summed E-state index contributed by atoms with van der Waals surface area (Å²) < 4.78 is 71.3. The monoisotopic (exact) mass is 1410 g/mol. The molecule has 3 saturated heterocycles. The third-order valence-electron chi connectivity index (χ3n) is 21.9. The number of benzene rings is 1. The van der Waals surface area contributed by atoms with Gasteiger partial charge in [-0.15, -0.1) is 0 Å². The molecule has 3 saturated carbocycles. The van der Waals surface area contributed by atoms with Crippen molar-refractivity contribution in [2.45, 2.75) is 229 Å². The van der Waals surface area contributed by atoms with Crippen molar-refractivity contribution in [3.63, 3.8) is 0 Å². The van der Waals surface area contributed by atoms with Gasteiger partial charge < -0.3 is 60.0 Å². The van der Waals surface area contributed by atoms with Crippen molar-refractivity contribution < 1.29 is 79.5 Å². The van der Waals surface area contributed by atoms with Crippen molar-refractivity contribution in [1.29, 1.82) is 0 Å². The average molecular weight is 1420 g/mol. The summed E-state index contributed by atoms with van der Waals surface area (Å²) in [6.45, 7) is 6.09. The predicted octanol–water partition coefficient (Wildman–Crippen LogP) is 5.27. The van der Waals surface area contributed by atoms with Crippen LogP contribution in [0.2, 0.25) is 0 Å². The maximum Gasteiger partial charge on any atom is 0.422 e. The molecule has 1 unspecified atom stereocenters. The largest absolute Gasteiger partial charge is 0.422 e. The summed E-state index contributed by atoms with van der Waals surface area (Å²) in [5, 5.41) is 8.47. The summed E-state index contributed by atoms with van der Waals surface area (Å²) in [5.74, 6) is -13.3. The number of likely N-dealkylation sites (N-methyl/N-ethyl adjacent to an activating group) is 7. The summed E-state index contributed by atoms with van der Waals surface area (Å²) in [4.78, 5) is 189. The van der Waals surface area contributed by atoms with Crippen molar-refractivity contribution in [2.24, 2.45) is 23.7 Å². The van der Waals surface area contributed by atoms with E-state index in [-0.39, 0.29) is 62.5 Å². The van der Waals surface area contributed by atoms with Gasteiger partial charge in [-0.1, -0.05) is 85.5 Å². The van der Waals surface area contributed by atoms with Crippen LogP contribution in [0.25, 0.3) is 0 Å². The maximum absolute atomic E-state index is 15.7. The van der Waals surface area contributed by atoms with Crippen molar-refractivity contribution in [3.8, 4) is 0 Å². The number of hydrogen-bond donors (Lipinski definition) is 3. The minimum atomic E-state index is -5.38. The second-order valence-corrected chi connectivity index (χ2v) is 29.6. The first-order valence-electron chi connectivity index (χ1n) is 36.0. The molecule has 6 fully saturated rings. The number of nitrogens with zero attached hydrogens (tertiary/aromatic N) is 9. The molecular weight excluding hydrogens is 1310 g/mol. The molecule has 3 N–H and O–H groups in total. The average Bonchev–Trinajstić information content (AvgIpc) is 1.05. The van der Waals surface area contributed by atoms with Crippen LogP contribution < -0.4 is 16.0 Å². The van der Waals surface area contributed by atoms with Crippen LogP contribution in [0.3, 0.4) is 0 Å². The highest BCUT2D eigenvalue weighted by Crippen LogP contribution is 2.39. The minimum Gasteiger partial charge on any atom is -0.343 e. The van der Waals surface area contributed by atoms with Crippen molar-refractivity contribution in [1.82, 2.24) is 60.0 Å². The Hall–Kier alpha value is -7.49. The van der Waals surface area contributed by atoms with Crippen LogP contribution >= 0.6 is 0 Å². The summed E-state index contributed by atoms with van der Waals surface area (Å²) >= 11 is 0. The van der Waals surface area contributed by atoms with E-state index in [1.54, 1.807) is 11.8 Å². The SMILES string of the molecule is CC[C@H](C)[C@@H]1NC(=O)[C@H](CC(C)C)N(C)C(=O)C[C@@H](C(=O)N2CCCC2)N(C)C(=O)[C@H](C2CCCCC2)N(C)C(=O)C2(CCC2)NC(=O)C2CCCN2C(=O)[C@H](CCc2cc(F)c(C(F)(F)F)c(F)c2)NC(=O)CN(C)C(=O)[C@H](CC2CCCCC2)N(C)C(=O)CN(C)C(=O)CN(C)C1=O. The molecular formula is C71H107F5N12O12. The van der Waals surface area contributed by atoms with Gasteiger partial charge in [0, 0.05) is 69.0 Å². The van der Waals surface area contributed by atoms with Crippen LogP contribution in [-0.4, -0.2) is 251 Å². The molecule has 100 heavy (non-hydrogen) atoms. The zero-order valence-electron chi connectivity index (χ0n) is 60.3. The number of carbonyl (C=O) groups is 12. The van der Waals surface area contributed by atoms with Gasteiger partial charge in [0.2, 0.25) is 70.9 Å². The fourth-order valence-electron chi connectivity index (χ4n) is 15.3. The standard InChI is InChI=1S/C71H107F5N12O12/c1-12-44(4)60-67(98)82(7)41-57(91)80(5)42-58(92)84(9)53(38-45-23-15-13-16-24-45)65(96)81(6)40-55(89)77-50(29-28-46-36-48(72)59(49(73)37-46)71(74,75)76)64(95)88-34-21-27-51(88)63(94)79-70(30-22-31-70)69(100)86(11)61(47-25-17-14-18-26-47)68(99)85(10)54(66(97)87-32-19-20-33-87)39-56(90)83(8)52(35-43(2)3)62(93)78-60/h36-37,43-45,47,50-54,60-61H,12-35,38-42H2,1-11H3,(H,77,89)(H,78,93)(H,79,94)/t44-,50-,51?,52-,53-,54-,60-,61-/m0/s1. The van der Waals surface area contributed by atoms with Crippen LogP contribution in [0.15, 0.2) is 12.1 Å². The Morgan fingerprint density at radius 3 is 1.75 bits per heavy atom. The number of aryl methyl sites for hydroxylation is 1. The zero-order chi connectivity index (χ0) is 73.8. The molecule has 1 spiro atoms. The number of alkyl halides is 3. The molecule has 7 rings (SSSR count). The number of likely N-dealkylation sites (tertiary alicyclic amines) is 1. The van der Waals surface area contributed by atoms with Gasteiger partial charge in [-0.2, -0.15) is 13.2 Å². The van der Waals surface area contributed by atoms with Crippen LogP contribution in [0, 0.1) is 35.3 Å². The van der Waals surface area contributed by atoms with Gasteiger partial charge in [0.1, 0.15) is 65.0 Å². The van der Waals surface area contributed by atoms with Crippen LogP contribution in [0.5, 0.6) is 0 Å². The number of carbonyl (C=O) groups excluding carboxylic acids is 12. The van der Waals surface area contributed by atoms with Gasteiger partial charge in [-0.05, 0) is 125 Å². The lowest BCUT2D eigenvalue weighted by Gasteiger charge is -2.47. The molecule has 6 aliphatic rings. The number of rotatable bonds is 11. The lowest BCUT2D eigenvalue weighted by molar-refractivity contribution is -0.158. The molecule has 24 nitrogen and oxygen atoms in total. The van der Waals surface area contributed by atoms with E-state index < -0.39 is 193 Å². The number of fused-ring (bicyclic) bond motifs is 1. The van der Waals surface area contributed by atoms with E-state index in [1.807, 2.05) is 20.8 Å². The fraction of sp³-hybridized carbons (Fsp3) is 0.746. The minimum absolute atomic E-state index is 0.0245. The molecule has 3 heterocycles. The van der Waals surface area contributed by atoms with E-state index >= 15 is 28.0 Å². The topological polar surface area (TPSA) is 270 Å². The van der Waals surface area contributed by atoms with Crippen molar-refractivity contribution >= 4 is 70.9 Å². The predicted molar refractivity (Wildman–Crippen MR) is 359 cm³/mol. The highest BCUT2D eigenvalue weighted by molar-refractivity contribution is 6.01. The molecule has 1 aromatic carbocycles. The van der Waals surface area contributed by atoms with Crippen LogP contribution in [0.4, 0.5) is 22.0 Å². The lowest BCUT2D eigenvalue weighted by atomic mass is 9.74. The summed E-state index contributed by atoms with van der Waals surface area (Å²) in [5.41, 5.74) is -4.02. The van der Waals surface area contributed by atoms with Gasteiger partial charge in [-0.3, -0.25) is 57.5 Å². The Morgan fingerprint density at radius 2 is 1.18 bits per heavy atom. The van der Waals surface area contributed by atoms with Crippen LogP contribution in [0.1, 0.15) is 180 Å². The van der Waals surface area contributed by atoms with Crippen molar-refractivity contribution in [3.05, 3.63) is 34.9 Å². The summed E-state index contributed by atoms with van der Waals surface area (Å²) in [7, 11) is 9.74. The Kier molecular flexibility index (Phi) is 27.9. The second kappa shape index (κ2) is 34.9. The summed E-state index contributed by atoms with van der Waals surface area (Å²) in [6, 6.07) is -8.19. The van der Waals surface area contributed by atoms with Gasteiger partial charge in [0.15, 0.2) is 0 Å². The highest BCUT2D eigenvalue weighted by Gasteiger charge is 2.53. The molecule has 0 radical (unpaired) electrons. The smallest absolute Gasteiger partial charge is 0.343 e. The van der Waals surface area contributed by atoms with E-state index in [1.165, 1.54) is 73.8 Å². The molecule has 0 aromatic heterocycles. The van der Waals surface area contributed by atoms with Gasteiger partial charge >= 0.3 is 6.18 Å². The summed E-state index contributed by atoms with van der Waals surface area (Å²) in [6.07, 6.45) is 3.66. The zero-order valence-corrected chi connectivity index (χ0v) is 60.3. The van der Waals surface area contributed by atoms with E-state index in [4.69, 9.17) is 0 Å². The van der Waals surface area contributed by atoms with Gasteiger partial charge in [0.25, 0.3) is 0 Å². The van der Waals surface area contributed by atoms with E-state index in [0.717, 1.165) is 66.1 Å². The first-order valence-corrected chi connectivity index (χ1v) is 36.0. The van der Waals surface area contributed by atoms with E-state index in [9.17, 15) is 51.5 Å². The second-order valence-electron chi connectivity index (χ2n) is 29.6. The number of amides is 12. The Morgan fingerprint density at radius 1 is 0.600 bits per heavy atom.